The highest BCUT2D eigenvalue weighted by molar-refractivity contribution is 7.87. The molecule has 39 heavy (non-hydrogen) atoms. The lowest BCUT2D eigenvalue weighted by Crippen LogP contribution is -2.59. The van der Waals surface area contributed by atoms with Crippen LogP contribution >= 0.6 is 0 Å². The van der Waals surface area contributed by atoms with Crippen LogP contribution in [0, 0.1) is 46.8 Å². The van der Waals surface area contributed by atoms with Crippen molar-refractivity contribution in [2.75, 3.05) is 0 Å². The van der Waals surface area contributed by atoms with Gasteiger partial charge in [-0.25, -0.2) is 0 Å². The molecule has 16 heteroatoms. The van der Waals surface area contributed by atoms with E-state index in [0.29, 0.717) is 32.1 Å². The second-order valence-corrected chi connectivity index (χ2v) is 15.1. The molecule has 0 heterocycles. The van der Waals surface area contributed by atoms with E-state index in [1.165, 1.54) is 0 Å². The third kappa shape index (κ3) is 3.81. The third-order valence-electron chi connectivity index (χ3n) is 10.5. The molecule has 2 N–H and O–H groups in total. The molecule has 8 atom stereocenters. The molecule has 5 fully saturated rings. The van der Waals surface area contributed by atoms with Crippen LogP contribution in [0.1, 0.15) is 57.8 Å². The van der Waals surface area contributed by atoms with Crippen LogP contribution in [0.15, 0.2) is 11.6 Å². The Morgan fingerprint density at radius 3 is 1.92 bits per heavy atom. The quantitative estimate of drug-likeness (QED) is 0.164. The summed E-state index contributed by atoms with van der Waals surface area (Å²) in [5.41, 5.74) is -0.921. The van der Waals surface area contributed by atoms with Crippen molar-refractivity contribution in [2.45, 2.75) is 80.1 Å². The maximum atomic E-state index is 14.7. The first kappa shape index (κ1) is 29.5. The molecule has 6 aliphatic carbocycles. The lowest BCUT2D eigenvalue weighted by molar-refractivity contribution is -0.246. The van der Waals surface area contributed by atoms with E-state index in [1.807, 2.05) is 6.08 Å². The summed E-state index contributed by atoms with van der Waals surface area (Å²) in [7, 11) is -12.3. The number of hydrogen-bond acceptors (Lipinski definition) is 4. The molecule has 224 valence electrons. The van der Waals surface area contributed by atoms with E-state index in [9.17, 15) is 52.0 Å². The molecule has 5 saturated carbocycles. The van der Waals surface area contributed by atoms with E-state index in [2.05, 4.69) is 0 Å². The Balaban J connectivity index is 0.000000164. The monoisotopic (exact) mass is 616 g/mol. The van der Waals surface area contributed by atoms with Crippen molar-refractivity contribution in [2.24, 2.45) is 46.8 Å². The van der Waals surface area contributed by atoms with Gasteiger partial charge in [0.2, 0.25) is 0 Å². The highest BCUT2D eigenvalue weighted by Gasteiger charge is 2.81. The smallest absolute Gasteiger partial charge is 0.281 e. The van der Waals surface area contributed by atoms with Crippen molar-refractivity contribution in [1.82, 2.24) is 0 Å². The van der Waals surface area contributed by atoms with Gasteiger partial charge < -0.3 is 0 Å². The minimum absolute atomic E-state index is 0.0203. The van der Waals surface area contributed by atoms with Crippen LogP contribution in [0.4, 0.5) is 35.1 Å². The van der Waals surface area contributed by atoms with E-state index in [-0.39, 0.29) is 42.9 Å². The van der Waals surface area contributed by atoms with Crippen molar-refractivity contribution in [1.29, 1.82) is 0 Å². The zero-order valence-electron chi connectivity index (χ0n) is 20.4. The van der Waals surface area contributed by atoms with E-state index >= 15 is 0 Å². The fourth-order valence-electron chi connectivity index (χ4n) is 8.98. The Morgan fingerprint density at radius 1 is 0.795 bits per heavy atom. The van der Waals surface area contributed by atoms with Crippen LogP contribution in [0.3, 0.4) is 0 Å². The molecule has 6 aliphatic rings. The first-order valence-corrected chi connectivity index (χ1v) is 15.6. The van der Waals surface area contributed by atoms with Crippen LogP contribution in [-0.4, -0.2) is 48.3 Å². The number of halogens is 8. The molecule has 0 aliphatic heterocycles. The predicted octanol–water partition coefficient (Wildman–Crippen LogP) is 6.02. The van der Waals surface area contributed by atoms with Crippen molar-refractivity contribution in [3.05, 3.63) is 11.6 Å². The first-order valence-electron chi connectivity index (χ1n) is 12.7. The minimum Gasteiger partial charge on any atom is -0.281 e. The highest BCUT2D eigenvalue weighted by Crippen LogP contribution is 2.76. The molecule has 6 rings (SSSR count). The second kappa shape index (κ2) is 8.52. The van der Waals surface area contributed by atoms with Gasteiger partial charge in [0.15, 0.2) is 0 Å². The van der Waals surface area contributed by atoms with E-state index < -0.39 is 65.8 Å². The van der Waals surface area contributed by atoms with Gasteiger partial charge >= 0.3 is 42.6 Å². The van der Waals surface area contributed by atoms with Gasteiger partial charge in [0.05, 0.1) is 0 Å². The average Bonchev–Trinajstić information content (AvgIpc) is 3.64. The minimum atomic E-state index is -6.17. The molecule has 0 aromatic rings. The van der Waals surface area contributed by atoms with Gasteiger partial charge in [-0.05, 0) is 86.9 Å². The molecule has 0 spiro atoms. The normalized spacial score (nSPS) is 39.5. The van der Waals surface area contributed by atoms with E-state index in [0.717, 1.165) is 12.0 Å². The van der Waals surface area contributed by atoms with Crippen LogP contribution in [0.2, 0.25) is 0 Å². The fourth-order valence-corrected chi connectivity index (χ4v) is 10.0. The summed E-state index contributed by atoms with van der Waals surface area (Å²) in [6.45, 7) is 0. The maximum absolute atomic E-state index is 14.7. The van der Waals surface area contributed by atoms with Gasteiger partial charge in [0, 0.05) is 11.3 Å². The summed E-state index contributed by atoms with van der Waals surface area (Å²) in [6, 6.07) is 0. The number of rotatable bonds is 6. The molecule has 6 nitrogen and oxygen atoms in total. The number of allylic oxidation sites excluding steroid dienone is 2. The Morgan fingerprint density at radius 2 is 1.41 bits per heavy atom. The summed E-state index contributed by atoms with van der Waals surface area (Å²) in [5, 5.41) is -10.9. The van der Waals surface area contributed by atoms with Gasteiger partial charge in [-0.3, -0.25) is 9.11 Å². The molecule has 6 bridgehead atoms. The molecular formula is C23H28F8O6S2. The summed E-state index contributed by atoms with van der Waals surface area (Å²) < 4.78 is 170. The Bertz CT molecular complexity index is 1280. The molecule has 0 saturated heterocycles. The lowest BCUT2D eigenvalue weighted by atomic mass is 9.63. The standard InChI is InChI=1S/C14H16F4O3S.C9H12F4O3S/c15-13(16,14(17,18)22(19,20)21)12-4-3-9(6-12)10-7-1-2-8(5-7)11(10)12;10-8(11,9(12,13)17(14,15)16)7-4-5-1-2-6(7)3-5/h1,8-11H,2-6H2,(H,19,20,21);5-7H,1-4H2,(H,14,15,16). The van der Waals surface area contributed by atoms with Gasteiger partial charge in [0.25, 0.3) is 0 Å². The van der Waals surface area contributed by atoms with Crippen LogP contribution in [0.5, 0.6) is 0 Å². The maximum Gasteiger partial charge on any atom is 0.432 e. The number of hydrogen-bond donors (Lipinski definition) is 2. The van der Waals surface area contributed by atoms with Crippen molar-refractivity contribution < 1.29 is 61.1 Å². The lowest BCUT2D eigenvalue weighted by Gasteiger charge is -2.46. The largest absolute Gasteiger partial charge is 0.432 e. The van der Waals surface area contributed by atoms with Crippen molar-refractivity contribution >= 4 is 20.2 Å². The fraction of sp³-hybridized carbons (Fsp3) is 0.913. The van der Waals surface area contributed by atoms with Crippen molar-refractivity contribution in [3.63, 3.8) is 0 Å². The molecular weight excluding hydrogens is 588 g/mol. The molecule has 0 aromatic carbocycles. The zero-order chi connectivity index (χ0) is 29.2. The summed E-state index contributed by atoms with van der Waals surface area (Å²) in [6.07, 6.45) is 5.06. The number of fused-ring (bicyclic) bond motifs is 11. The molecule has 8 unspecified atom stereocenters. The van der Waals surface area contributed by atoms with Gasteiger partial charge in [0.1, 0.15) is 0 Å². The van der Waals surface area contributed by atoms with Crippen molar-refractivity contribution in [3.8, 4) is 0 Å². The van der Waals surface area contributed by atoms with Gasteiger partial charge in [-0.2, -0.15) is 52.0 Å². The summed E-state index contributed by atoms with van der Waals surface area (Å²) in [5.74, 6) is -12.6. The van der Waals surface area contributed by atoms with E-state index in [4.69, 9.17) is 9.11 Å². The SMILES string of the molecule is O=S(=O)(O)C(F)(F)C(F)(F)C12CCC(C1)C1C3=CCC(C3)C12.O=S(=O)(O)C(F)(F)C(F)(F)C1CC2CCC1C2. The highest BCUT2D eigenvalue weighted by atomic mass is 32.2. The van der Waals surface area contributed by atoms with Gasteiger partial charge in [-0.1, -0.05) is 18.1 Å². The van der Waals surface area contributed by atoms with E-state index in [1.54, 1.807) is 0 Å². The predicted molar refractivity (Wildman–Crippen MR) is 119 cm³/mol. The van der Waals surface area contributed by atoms with Gasteiger partial charge in [-0.15, -0.1) is 0 Å². The average molecular weight is 617 g/mol. The molecule has 0 amide bonds. The second-order valence-electron chi connectivity index (χ2n) is 12.2. The summed E-state index contributed by atoms with van der Waals surface area (Å²) >= 11 is 0. The van der Waals surface area contributed by atoms with Crippen LogP contribution in [-0.2, 0) is 20.2 Å². The number of alkyl halides is 8. The topological polar surface area (TPSA) is 109 Å². The van der Waals surface area contributed by atoms with Crippen LogP contribution in [0.25, 0.3) is 0 Å². The molecule has 0 radical (unpaired) electrons. The Labute approximate surface area is 220 Å². The summed E-state index contributed by atoms with van der Waals surface area (Å²) in [4.78, 5) is 0. The first-order chi connectivity index (χ1) is 17.6. The Hall–Kier alpha value is -1.00. The molecule has 0 aromatic heterocycles. The van der Waals surface area contributed by atoms with Crippen LogP contribution < -0.4 is 0 Å². The third-order valence-corrected chi connectivity index (χ3v) is 12.3. The zero-order valence-corrected chi connectivity index (χ0v) is 22.0. The Kier molecular flexibility index (Phi) is 6.45.